The molecule has 0 saturated carbocycles. The van der Waals surface area contributed by atoms with Crippen LogP contribution in [0.15, 0.2) is 104 Å². The maximum absolute atomic E-state index is 13.5. The molecule has 42 heavy (non-hydrogen) atoms. The molecular weight excluding hydrogens is 618 g/mol. The highest BCUT2D eigenvalue weighted by atomic mass is 79.9. The number of halogens is 1. The molecular formula is C32H28BrN3O5S. The Labute approximate surface area is 256 Å². The minimum atomic E-state index is -0.297. The SMILES string of the molecule is CCOc1cc(/C=C2/SC(=Nc3ccccc3)N(Cc3ccco3)C2=O)cc(Br)c1OCC(=O)Nc1ccc(C)cc1. The molecule has 2 amide bonds. The van der Waals surface area contributed by atoms with Crippen molar-refractivity contribution in [2.24, 2.45) is 4.99 Å². The highest BCUT2D eigenvalue weighted by Gasteiger charge is 2.34. The molecule has 5 rings (SSSR count). The number of hydrogen-bond donors (Lipinski definition) is 1. The van der Waals surface area contributed by atoms with E-state index in [2.05, 4.69) is 21.2 Å². The Hall–Kier alpha value is -4.28. The number of thioether (sulfide) groups is 1. The fraction of sp³-hybridized carbons (Fsp3) is 0.156. The summed E-state index contributed by atoms with van der Waals surface area (Å²) in [5.41, 5.74) is 3.26. The van der Waals surface area contributed by atoms with E-state index in [1.54, 1.807) is 29.4 Å². The van der Waals surface area contributed by atoms with Gasteiger partial charge in [-0.3, -0.25) is 14.5 Å². The van der Waals surface area contributed by atoms with Gasteiger partial charge in [0.1, 0.15) is 5.76 Å². The fourth-order valence-corrected chi connectivity index (χ4v) is 5.67. The van der Waals surface area contributed by atoms with E-state index in [0.717, 1.165) is 16.8 Å². The third-order valence-corrected chi connectivity index (χ3v) is 7.67. The lowest BCUT2D eigenvalue weighted by Crippen LogP contribution is -2.28. The van der Waals surface area contributed by atoms with E-state index < -0.39 is 0 Å². The van der Waals surface area contributed by atoms with E-state index in [1.165, 1.54) is 11.8 Å². The second-order valence-electron chi connectivity index (χ2n) is 9.28. The van der Waals surface area contributed by atoms with Crippen LogP contribution in [0.5, 0.6) is 11.5 Å². The molecule has 10 heteroatoms. The second kappa shape index (κ2) is 13.6. The smallest absolute Gasteiger partial charge is 0.267 e. The number of rotatable bonds is 10. The van der Waals surface area contributed by atoms with Crippen LogP contribution >= 0.6 is 27.7 Å². The number of benzene rings is 3. The maximum Gasteiger partial charge on any atom is 0.267 e. The normalized spacial score (nSPS) is 14.9. The lowest BCUT2D eigenvalue weighted by Gasteiger charge is -2.15. The van der Waals surface area contributed by atoms with Crippen LogP contribution in [0.4, 0.5) is 11.4 Å². The van der Waals surface area contributed by atoms with Gasteiger partial charge in [0.2, 0.25) is 0 Å². The minimum Gasteiger partial charge on any atom is -0.490 e. The molecule has 0 radical (unpaired) electrons. The number of aliphatic imine (C=N–C) groups is 1. The number of anilines is 1. The number of furan rings is 1. The van der Waals surface area contributed by atoms with Gasteiger partial charge in [0.15, 0.2) is 23.3 Å². The predicted octanol–water partition coefficient (Wildman–Crippen LogP) is 7.57. The van der Waals surface area contributed by atoms with Crippen molar-refractivity contribution in [3.05, 3.63) is 111 Å². The van der Waals surface area contributed by atoms with Crippen LogP contribution in [-0.2, 0) is 16.1 Å². The molecule has 3 aromatic carbocycles. The van der Waals surface area contributed by atoms with Gasteiger partial charge in [-0.2, -0.15) is 0 Å². The van der Waals surface area contributed by atoms with Crippen molar-refractivity contribution < 1.29 is 23.5 Å². The first-order valence-corrected chi connectivity index (χ1v) is 14.8. The Morgan fingerprint density at radius 2 is 1.86 bits per heavy atom. The van der Waals surface area contributed by atoms with E-state index >= 15 is 0 Å². The quantitative estimate of drug-likeness (QED) is 0.179. The molecule has 214 valence electrons. The van der Waals surface area contributed by atoms with Crippen LogP contribution in [-0.4, -0.2) is 35.1 Å². The first-order chi connectivity index (χ1) is 20.4. The molecule has 0 spiro atoms. The van der Waals surface area contributed by atoms with Gasteiger partial charge in [-0.15, -0.1) is 0 Å². The molecule has 1 aromatic heterocycles. The first-order valence-electron chi connectivity index (χ1n) is 13.2. The first kappa shape index (κ1) is 29.2. The molecule has 4 aromatic rings. The average Bonchev–Trinajstić information content (AvgIpc) is 3.59. The molecule has 1 N–H and O–H groups in total. The van der Waals surface area contributed by atoms with Crippen molar-refractivity contribution in [2.75, 3.05) is 18.5 Å². The lowest BCUT2D eigenvalue weighted by atomic mass is 10.1. The zero-order valence-electron chi connectivity index (χ0n) is 23.0. The van der Waals surface area contributed by atoms with Gasteiger partial charge in [-0.1, -0.05) is 35.9 Å². The van der Waals surface area contributed by atoms with Crippen molar-refractivity contribution in [2.45, 2.75) is 20.4 Å². The summed E-state index contributed by atoms with van der Waals surface area (Å²) >= 11 is 4.85. The standard InChI is InChI=1S/C32H28BrN3O5S/c1-3-39-27-17-22(16-26(33)30(27)41-20-29(37)34-24-13-11-21(2)12-14-24)18-28-31(38)36(19-25-10-7-15-40-25)32(42-28)35-23-8-5-4-6-9-23/h4-18H,3,19-20H2,1-2H3,(H,34,37)/b28-18+,35-32?. The summed E-state index contributed by atoms with van der Waals surface area (Å²) in [7, 11) is 0. The number of carbonyl (C=O) groups is 2. The summed E-state index contributed by atoms with van der Waals surface area (Å²) in [6.45, 7) is 4.28. The number of nitrogens with one attached hydrogen (secondary N) is 1. The zero-order chi connectivity index (χ0) is 29.5. The van der Waals surface area contributed by atoms with Gasteiger partial charge in [0.25, 0.3) is 11.8 Å². The van der Waals surface area contributed by atoms with Gasteiger partial charge in [0.05, 0.1) is 34.5 Å². The monoisotopic (exact) mass is 645 g/mol. The molecule has 0 unspecified atom stereocenters. The van der Waals surface area contributed by atoms with E-state index in [4.69, 9.17) is 18.9 Å². The number of amides is 2. The van der Waals surface area contributed by atoms with Crippen molar-refractivity contribution in [3.8, 4) is 11.5 Å². The number of carbonyl (C=O) groups excluding carboxylic acids is 2. The van der Waals surface area contributed by atoms with Crippen LogP contribution in [0.1, 0.15) is 23.8 Å². The van der Waals surface area contributed by atoms with Gasteiger partial charge in [0, 0.05) is 5.69 Å². The van der Waals surface area contributed by atoms with Crippen molar-refractivity contribution in [3.63, 3.8) is 0 Å². The number of nitrogens with zero attached hydrogens (tertiary/aromatic N) is 2. The lowest BCUT2D eigenvalue weighted by molar-refractivity contribution is -0.122. The summed E-state index contributed by atoms with van der Waals surface area (Å²) in [4.78, 5) is 32.9. The summed E-state index contributed by atoms with van der Waals surface area (Å²) in [6, 6.07) is 24.2. The van der Waals surface area contributed by atoms with Crippen LogP contribution < -0.4 is 14.8 Å². The van der Waals surface area contributed by atoms with Crippen molar-refractivity contribution in [1.29, 1.82) is 0 Å². The number of ether oxygens (including phenoxy) is 2. The van der Waals surface area contributed by atoms with Crippen LogP contribution in [0.2, 0.25) is 0 Å². The third-order valence-electron chi connectivity index (χ3n) is 6.08. The number of aryl methyl sites for hydroxylation is 1. The third kappa shape index (κ3) is 7.32. The van der Waals surface area contributed by atoms with Gasteiger partial charge >= 0.3 is 0 Å². The highest BCUT2D eigenvalue weighted by molar-refractivity contribution is 9.10. The molecule has 0 atom stereocenters. The van der Waals surface area contributed by atoms with Crippen LogP contribution in [0.25, 0.3) is 6.08 Å². The Morgan fingerprint density at radius 1 is 1.07 bits per heavy atom. The molecule has 1 aliphatic heterocycles. The maximum atomic E-state index is 13.5. The number of para-hydroxylation sites is 1. The largest absolute Gasteiger partial charge is 0.490 e. The molecule has 0 bridgehead atoms. The molecule has 2 heterocycles. The minimum absolute atomic E-state index is 0.187. The topological polar surface area (TPSA) is 93.4 Å². The van der Waals surface area contributed by atoms with Gasteiger partial charge in [-0.25, -0.2) is 4.99 Å². The summed E-state index contributed by atoms with van der Waals surface area (Å²) in [5.74, 6) is 1.01. The molecule has 0 aliphatic carbocycles. The van der Waals surface area contributed by atoms with Crippen LogP contribution in [0, 0.1) is 6.92 Å². The Kier molecular flexibility index (Phi) is 9.45. The Bertz CT molecular complexity index is 1620. The highest BCUT2D eigenvalue weighted by Crippen LogP contribution is 2.40. The predicted molar refractivity (Wildman–Crippen MR) is 169 cm³/mol. The van der Waals surface area contributed by atoms with Crippen molar-refractivity contribution in [1.82, 2.24) is 4.90 Å². The second-order valence-corrected chi connectivity index (χ2v) is 11.1. The Balaban J connectivity index is 1.37. The van der Waals surface area contributed by atoms with E-state index in [9.17, 15) is 9.59 Å². The van der Waals surface area contributed by atoms with Crippen LogP contribution in [0.3, 0.4) is 0 Å². The Morgan fingerprint density at radius 3 is 2.57 bits per heavy atom. The molecule has 1 aliphatic rings. The fourth-order valence-electron chi connectivity index (χ4n) is 4.10. The van der Waals surface area contributed by atoms with E-state index in [-0.39, 0.29) is 25.0 Å². The zero-order valence-corrected chi connectivity index (χ0v) is 25.4. The van der Waals surface area contributed by atoms with E-state index in [0.29, 0.717) is 44.1 Å². The van der Waals surface area contributed by atoms with Gasteiger partial charge in [-0.05, 0) is 102 Å². The number of hydrogen-bond acceptors (Lipinski definition) is 7. The number of amidine groups is 1. The van der Waals surface area contributed by atoms with E-state index in [1.807, 2.05) is 80.6 Å². The average molecular weight is 647 g/mol. The van der Waals surface area contributed by atoms with Crippen molar-refractivity contribution >= 4 is 62.1 Å². The summed E-state index contributed by atoms with van der Waals surface area (Å²) < 4.78 is 17.8. The molecule has 1 saturated heterocycles. The van der Waals surface area contributed by atoms with Gasteiger partial charge < -0.3 is 19.2 Å². The molecule has 1 fully saturated rings. The molecule has 8 nitrogen and oxygen atoms in total. The summed E-state index contributed by atoms with van der Waals surface area (Å²) in [5, 5.41) is 3.38. The summed E-state index contributed by atoms with van der Waals surface area (Å²) in [6.07, 6.45) is 3.37.